The van der Waals surface area contributed by atoms with Gasteiger partial charge < -0.3 is 9.67 Å². The Hall–Kier alpha value is -0.770. The number of hydrogen-bond donors (Lipinski definition) is 1. The van der Waals surface area contributed by atoms with Gasteiger partial charge >= 0.3 is 5.97 Å². The predicted octanol–water partition coefficient (Wildman–Crippen LogP) is 3.53. The molecule has 1 fully saturated rings. The fourth-order valence-electron chi connectivity index (χ4n) is 2.45. The number of nitrogens with zero attached hydrogens (tertiary/aromatic N) is 1. The van der Waals surface area contributed by atoms with Gasteiger partial charge in [-0.3, -0.25) is 0 Å². The lowest BCUT2D eigenvalue weighted by atomic mass is 9.89. The predicted molar refractivity (Wildman–Crippen MR) is 65.7 cm³/mol. The molecule has 1 heterocycles. The van der Waals surface area contributed by atoms with Gasteiger partial charge in [-0.2, -0.15) is 0 Å². The van der Waals surface area contributed by atoms with Crippen LogP contribution in [0.3, 0.4) is 0 Å². The van der Waals surface area contributed by atoms with Crippen molar-refractivity contribution in [1.82, 2.24) is 4.57 Å². The molecule has 0 spiro atoms. The lowest BCUT2D eigenvalue weighted by Gasteiger charge is -2.22. The average molecular weight is 286 g/mol. The van der Waals surface area contributed by atoms with Crippen molar-refractivity contribution in [3.05, 3.63) is 22.4 Å². The molecule has 0 amide bonds. The van der Waals surface area contributed by atoms with Crippen LogP contribution in [0.5, 0.6) is 0 Å². The van der Waals surface area contributed by atoms with Gasteiger partial charge in [0.2, 0.25) is 0 Å². The number of rotatable bonds is 3. The van der Waals surface area contributed by atoms with Crippen molar-refractivity contribution in [2.45, 2.75) is 38.6 Å². The zero-order valence-electron chi connectivity index (χ0n) is 9.16. The summed E-state index contributed by atoms with van der Waals surface area (Å²) in [6.45, 7) is 0.841. The minimum absolute atomic E-state index is 0.387. The highest BCUT2D eigenvalue weighted by Gasteiger charge is 2.17. The molecule has 1 N–H and O–H groups in total. The molecule has 1 aromatic rings. The highest BCUT2D eigenvalue weighted by molar-refractivity contribution is 9.10. The maximum Gasteiger partial charge on any atom is 0.352 e. The molecule has 88 valence electrons. The van der Waals surface area contributed by atoms with Crippen LogP contribution in [0.4, 0.5) is 0 Å². The largest absolute Gasteiger partial charge is 0.477 e. The summed E-state index contributed by atoms with van der Waals surface area (Å²) in [5.74, 6) is -0.201. The number of aromatic nitrogens is 1. The lowest BCUT2D eigenvalue weighted by molar-refractivity contribution is 0.0683. The molecule has 0 radical (unpaired) electrons. The number of aromatic carboxylic acids is 1. The molecule has 0 atom stereocenters. The Morgan fingerprint density at radius 2 is 2.12 bits per heavy atom. The zero-order valence-corrected chi connectivity index (χ0v) is 10.7. The van der Waals surface area contributed by atoms with Crippen molar-refractivity contribution < 1.29 is 9.90 Å². The van der Waals surface area contributed by atoms with Crippen LogP contribution >= 0.6 is 15.9 Å². The molecule has 4 heteroatoms. The van der Waals surface area contributed by atoms with E-state index in [1.54, 1.807) is 6.07 Å². The van der Waals surface area contributed by atoms with E-state index in [1.165, 1.54) is 32.1 Å². The first-order chi connectivity index (χ1) is 7.66. The smallest absolute Gasteiger partial charge is 0.352 e. The van der Waals surface area contributed by atoms with E-state index in [1.807, 2.05) is 10.8 Å². The maximum absolute atomic E-state index is 11.0. The summed E-state index contributed by atoms with van der Waals surface area (Å²) in [5, 5.41) is 9.07. The Kier molecular flexibility index (Phi) is 3.69. The summed E-state index contributed by atoms with van der Waals surface area (Å²) >= 11 is 3.33. The Morgan fingerprint density at radius 3 is 2.75 bits per heavy atom. The van der Waals surface area contributed by atoms with Crippen molar-refractivity contribution >= 4 is 21.9 Å². The fourth-order valence-corrected chi connectivity index (χ4v) is 2.92. The standard InChI is InChI=1S/C12H16BrNO2/c13-10-6-11(12(15)16)14(8-10)7-9-4-2-1-3-5-9/h6,8-9H,1-5,7H2,(H,15,16). The van der Waals surface area contributed by atoms with Crippen LogP contribution < -0.4 is 0 Å². The Balaban J connectivity index is 2.10. The van der Waals surface area contributed by atoms with E-state index in [2.05, 4.69) is 15.9 Å². The van der Waals surface area contributed by atoms with Gasteiger partial charge in [-0.15, -0.1) is 0 Å². The maximum atomic E-state index is 11.0. The van der Waals surface area contributed by atoms with Gasteiger partial charge in [-0.1, -0.05) is 19.3 Å². The third kappa shape index (κ3) is 2.67. The SMILES string of the molecule is O=C(O)c1cc(Br)cn1CC1CCCCC1. The first-order valence-electron chi connectivity index (χ1n) is 5.76. The van der Waals surface area contributed by atoms with E-state index in [9.17, 15) is 4.79 Å². The van der Waals surface area contributed by atoms with E-state index in [0.717, 1.165) is 11.0 Å². The van der Waals surface area contributed by atoms with Gasteiger partial charge in [-0.05, 0) is 40.8 Å². The number of carboxylic acid groups (broad SMARTS) is 1. The van der Waals surface area contributed by atoms with Crippen molar-refractivity contribution in [2.24, 2.45) is 5.92 Å². The van der Waals surface area contributed by atoms with Crippen LogP contribution in [0.15, 0.2) is 16.7 Å². The van der Waals surface area contributed by atoms with E-state index >= 15 is 0 Å². The summed E-state index contributed by atoms with van der Waals surface area (Å²) in [5.41, 5.74) is 0.387. The normalized spacial score (nSPS) is 17.6. The van der Waals surface area contributed by atoms with Gasteiger partial charge in [0.05, 0.1) is 0 Å². The molecule has 1 aliphatic rings. The third-order valence-electron chi connectivity index (χ3n) is 3.26. The molecule has 16 heavy (non-hydrogen) atoms. The minimum Gasteiger partial charge on any atom is -0.477 e. The highest BCUT2D eigenvalue weighted by atomic mass is 79.9. The van der Waals surface area contributed by atoms with Gasteiger partial charge in [0.1, 0.15) is 5.69 Å². The molecule has 0 aromatic carbocycles. The van der Waals surface area contributed by atoms with Crippen LogP contribution in [-0.2, 0) is 6.54 Å². The Bertz CT molecular complexity index is 380. The Labute approximate surface area is 104 Å². The van der Waals surface area contributed by atoms with Gasteiger partial charge in [0, 0.05) is 17.2 Å². The first-order valence-corrected chi connectivity index (χ1v) is 6.55. The number of hydrogen-bond acceptors (Lipinski definition) is 1. The molecule has 0 unspecified atom stereocenters. The molecule has 2 rings (SSSR count). The second-order valence-electron chi connectivity index (χ2n) is 4.51. The van der Waals surface area contributed by atoms with Crippen LogP contribution in [-0.4, -0.2) is 15.6 Å². The molecule has 0 bridgehead atoms. The van der Waals surface area contributed by atoms with E-state index < -0.39 is 5.97 Å². The molecular formula is C12H16BrNO2. The van der Waals surface area contributed by atoms with Crippen molar-refractivity contribution in [3.63, 3.8) is 0 Å². The number of carboxylic acids is 1. The number of carbonyl (C=O) groups is 1. The van der Waals surface area contributed by atoms with E-state index in [-0.39, 0.29) is 0 Å². The lowest BCUT2D eigenvalue weighted by Crippen LogP contribution is -2.16. The third-order valence-corrected chi connectivity index (χ3v) is 3.70. The van der Waals surface area contributed by atoms with Crippen molar-refractivity contribution in [3.8, 4) is 0 Å². The molecule has 0 aliphatic heterocycles. The van der Waals surface area contributed by atoms with Crippen LogP contribution in [0.2, 0.25) is 0 Å². The van der Waals surface area contributed by atoms with E-state index in [0.29, 0.717) is 11.6 Å². The van der Waals surface area contributed by atoms with Crippen molar-refractivity contribution in [1.29, 1.82) is 0 Å². The fraction of sp³-hybridized carbons (Fsp3) is 0.583. The molecule has 1 aliphatic carbocycles. The van der Waals surface area contributed by atoms with Crippen LogP contribution in [0.1, 0.15) is 42.6 Å². The highest BCUT2D eigenvalue weighted by Crippen LogP contribution is 2.26. The zero-order chi connectivity index (χ0) is 11.5. The average Bonchev–Trinajstić information content (AvgIpc) is 2.61. The summed E-state index contributed by atoms with van der Waals surface area (Å²) in [6.07, 6.45) is 8.24. The first kappa shape index (κ1) is 11.7. The molecule has 0 saturated heterocycles. The van der Waals surface area contributed by atoms with Crippen LogP contribution in [0.25, 0.3) is 0 Å². The molecule has 3 nitrogen and oxygen atoms in total. The minimum atomic E-state index is -0.846. The quantitative estimate of drug-likeness (QED) is 0.923. The molecule has 1 saturated carbocycles. The topological polar surface area (TPSA) is 42.2 Å². The Morgan fingerprint density at radius 1 is 1.44 bits per heavy atom. The van der Waals surface area contributed by atoms with Gasteiger partial charge in [0.15, 0.2) is 0 Å². The summed E-state index contributed by atoms with van der Waals surface area (Å²) in [4.78, 5) is 11.0. The van der Waals surface area contributed by atoms with Gasteiger partial charge in [-0.25, -0.2) is 4.79 Å². The van der Waals surface area contributed by atoms with Gasteiger partial charge in [0.25, 0.3) is 0 Å². The van der Waals surface area contributed by atoms with Crippen LogP contribution in [0, 0.1) is 5.92 Å². The second kappa shape index (κ2) is 5.04. The van der Waals surface area contributed by atoms with Crippen molar-refractivity contribution in [2.75, 3.05) is 0 Å². The summed E-state index contributed by atoms with van der Waals surface area (Å²) in [7, 11) is 0. The number of halogens is 1. The monoisotopic (exact) mass is 285 g/mol. The summed E-state index contributed by atoms with van der Waals surface area (Å²) in [6, 6.07) is 1.67. The summed E-state index contributed by atoms with van der Waals surface area (Å²) < 4.78 is 2.71. The van der Waals surface area contributed by atoms with E-state index in [4.69, 9.17) is 5.11 Å². The molecular weight excluding hydrogens is 270 g/mol. The second-order valence-corrected chi connectivity index (χ2v) is 5.42. The molecule has 1 aromatic heterocycles.